The van der Waals surface area contributed by atoms with Crippen LogP contribution in [0.1, 0.15) is 46.7 Å². The predicted molar refractivity (Wildman–Crippen MR) is 154 cm³/mol. The number of amides is 1. The van der Waals surface area contributed by atoms with Crippen LogP contribution >= 0.6 is 0 Å². The molecule has 11 nitrogen and oxygen atoms in total. The number of aliphatic hydroxyl groups is 1. The molecule has 3 aromatic carbocycles. The zero-order valence-electron chi connectivity index (χ0n) is 23.0. The van der Waals surface area contributed by atoms with E-state index in [1.807, 2.05) is 4.72 Å². The maximum atomic E-state index is 16.0. The number of benzene rings is 3. The van der Waals surface area contributed by atoms with Crippen LogP contribution < -0.4 is 20.2 Å². The molecule has 4 aromatic rings. The van der Waals surface area contributed by atoms with Crippen LogP contribution in [0.15, 0.2) is 48.8 Å². The normalized spacial score (nSPS) is 13.6. The van der Waals surface area contributed by atoms with Gasteiger partial charge in [-0.1, -0.05) is 24.6 Å². The van der Waals surface area contributed by atoms with Gasteiger partial charge < -0.3 is 15.0 Å². The first-order valence-electron chi connectivity index (χ1n) is 13.4. The van der Waals surface area contributed by atoms with Crippen molar-refractivity contribution < 1.29 is 36.3 Å². The Morgan fingerprint density at radius 1 is 1.12 bits per heavy atom. The van der Waals surface area contributed by atoms with Crippen LogP contribution in [-0.2, 0) is 21.6 Å². The number of nitrogens with zero attached hydrogens (tertiary/aromatic N) is 2. The second kappa shape index (κ2) is 12.6. The van der Waals surface area contributed by atoms with Crippen LogP contribution in [0.5, 0.6) is 0 Å². The van der Waals surface area contributed by atoms with Gasteiger partial charge in [0.15, 0.2) is 11.6 Å². The van der Waals surface area contributed by atoms with Gasteiger partial charge in [-0.25, -0.2) is 28.4 Å². The second-order valence-corrected chi connectivity index (χ2v) is 11.6. The Morgan fingerprint density at radius 3 is 2.58 bits per heavy atom. The van der Waals surface area contributed by atoms with Gasteiger partial charge in [0.25, 0.3) is 16.1 Å². The standard InChI is InChI=1S/C28H29F3N6O5S/c1-32-43(40,41)36-22-7-3-6-18(24(22)30)14-37-15-33-27-23(37)13-19(28(39)35-42-11-10-38)26(25(27)31)34-21-9-8-17(12-20(21)29)16-4-2-5-16/h3,6-9,12-13,15-16,32,34,36,38H,2,4-5,10-11,14H2,1H3,(H,35,39). The first-order chi connectivity index (χ1) is 20.6. The summed E-state index contributed by atoms with van der Waals surface area (Å²) in [6, 6.07) is 10.0. The lowest BCUT2D eigenvalue weighted by Gasteiger charge is -2.26. The number of hydrogen-bond donors (Lipinski definition) is 5. The number of aliphatic hydroxyl groups excluding tert-OH is 1. The fourth-order valence-electron chi connectivity index (χ4n) is 4.73. The number of imidazole rings is 1. The highest BCUT2D eigenvalue weighted by molar-refractivity contribution is 7.90. The van der Waals surface area contributed by atoms with Crippen molar-refractivity contribution in [1.82, 2.24) is 19.8 Å². The summed E-state index contributed by atoms with van der Waals surface area (Å²) in [5, 5.41) is 11.7. The Labute approximate surface area is 245 Å². The number of anilines is 3. The van der Waals surface area contributed by atoms with Crippen LogP contribution in [0, 0.1) is 17.5 Å². The van der Waals surface area contributed by atoms with Crippen molar-refractivity contribution in [3.8, 4) is 0 Å². The van der Waals surface area contributed by atoms with Crippen molar-refractivity contribution in [1.29, 1.82) is 0 Å². The number of fused-ring (bicyclic) bond motifs is 1. The van der Waals surface area contributed by atoms with Gasteiger partial charge in [-0.3, -0.25) is 14.4 Å². The number of carbonyl (C=O) groups excluding carboxylic acids is 1. The Balaban J connectivity index is 1.53. The van der Waals surface area contributed by atoms with E-state index in [1.54, 1.807) is 6.07 Å². The van der Waals surface area contributed by atoms with Crippen molar-refractivity contribution in [3.63, 3.8) is 0 Å². The van der Waals surface area contributed by atoms with E-state index >= 15 is 13.2 Å². The Morgan fingerprint density at radius 2 is 1.91 bits per heavy atom. The highest BCUT2D eigenvalue weighted by Crippen LogP contribution is 2.38. The Hall–Kier alpha value is -4.18. The van der Waals surface area contributed by atoms with Crippen LogP contribution in [0.2, 0.25) is 0 Å². The third kappa shape index (κ3) is 6.44. The monoisotopic (exact) mass is 618 g/mol. The number of aromatic nitrogens is 2. The average Bonchev–Trinajstić information content (AvgIpc) is 3.35. The van der Waals surface area contributed by atoms with Crippen molar-refractivity contribution in [2.45, 2.75) is 31.7 Å². The number of halogens is 3. The average molecular weight is 619 g/mol. The molecule has 228 valence electrons. The van der Waals surface area contributed by atoms with Gasteiger partial charge in [0.2, 0.25) is 0 Å². The van der Waals surface area contributed by atoms with E-state index < -0.39 is 33.6 Å². The molecule has 1 heterocycles. The molecule has 0 saturated heterocycles. The Bertz CT molecular complexity index is 1780. The summed E-state index contributed by atoms with van der Waals surface area (Å²) in [6.07, 6.45) is 4.25. The molecule has 0 spiro atoms. The van der Waals surface area contributed by atoms with Gasteiger partial charge in [-0.15, -0.1) is 0 Å². The summed E-state index contributed by atoms with van der Waals surface area (Å²) in [7, 11) is -2.83. The number of nitrogens with one attached hydrogen (secondary N) is 4. The molecular formula is C28H29F3N6O5S. The lowest BCUT2D eigenvalue weighted by Crippen LogP contribution is -2.27. The minimum Gasteiger partial charge on any atom is -0.394 e. The van der Waals surface area contributed by atoms with Crippen LogP contribution in [-0.4, -0.2) is 49.2 Å². The quantitative estimate of drug-likeness (QED) is 0.119. The zero-order valence-corrected chi connectivity index (χ0v) is 23.8. The van der Waals surface area contributed by atoms with Crippen molar-refractivity contribution >= 4 is 44.2 Å². The molecule has 1 aliphatic rings. The van der Waals surface area contributed by atoms with Gasteiger partial charge in [-0.2, -0.15) is 8.42 Å². The molecule has 0 bridgehead atoms. The predicted octanol–water partition coefficient (Wildman–Crippen LogP) is 4.04. The van der Waals surface area contributed by atoms with Crippen molar-refractivity contribution in [2.24, 2.45) is 0 Å². The lowest BCUT2D eigenvalue weighted by molar-refractivity contribution is 0.0169. The molecule has 5 N–H and O–H groups in total. The minimum absolute atomic E-state index is 0.0455. The maximum Gasteiger partial charge on any atom is 0.298 e. The van der Waals surface area contributed by atoms with Crippen LogP contribution in [0.25, 0.3) is 11.0 Å². The van der Waals surface area contributed by atoms with E-state index in [0.29, 0.717) is 0 Å². The molecule has 15 heteroatoms. The third-order valence-electron chi connectivity index (χ3n) is 7.22. The van der Waals surface area contributed by atoms with E-state index in [-0.39, 0.29) is 64.9 Å². The highest BCUT2D eigenvalue weighted by atomic mass is 32.2. The summed E-state index contributed by atoms with van der Waals surface area (Å²) in [5.41, 5.74) is 1.90. The summed E-state index contributed by atoms with van der Waals surface area (Å²) in [5.74, 6) is -3.08. The molecule has 5 rings (SSSR count). The fourth-order valence-corrected chi connectivity index (χ4v) is 5.27. The van der Waals surface area contributed by atoms with E-state index in [0.717, 1.165) is 24.8 Å². The van der Waals surface area contributed by atoms with Crippen molar-refractivity contribution in [2.75, 3.05) is 30.3 Å². The molecule has 0 aliphatic heterocycles. The molecule has 1 saturated carbocycles. The first-order valence-corrected chi connectivity index (χ1v) is 14.9. The minimum atomic E-state index is -3.99. The molecule has 0 unspecified atom stereocenters. The van der Waals surface area contributed by atoms with Gasteiger partial charge in [0, 0.05) is 12.6 Å². The maximum absolute atomic E-state index is 16.0. The van der Waals surface area contributed by atoms with Crippen LogP contribution in [0.4, 0.5) is 30.2 Å². The van der Waals surface area contributed by atoms with Crippen LogP contribution in [0.3, 0.4) is 0 Å². The van der Waals surface area contributed by atoms with E-state index in [4.69, 9.17) is 9.94 Å². The summed E-state index contributed by atoms with van der Waals surface area (Å²) < 4.78 is 75.5. The molecule has 0 atom stereocenters. The first kappa shape index (κ1) is 30.3. The SMILES string of the molecule is CNS(=O)(=O)Nc1cccc(Cn2cnc3c(F)c(Nc4ccc(C5CCC5)cc4F)c(C(=O)NOCCO)cc32)c1F. The molecule has 0 radical (unpaired) electrons. The smallest absolute Gasteiger partial charge is 0.298 e. The summed E-state index contributed by atoms with van der Waals surface area (Å²) in [6.45, 7) is -0.830. The van der Waals surface area contributed by atoms with Gasteiger partial charge in [-0.05, 0) is 48.6 Å². The highest BCUT2D eigenvalue weighted by Gasteiger charge is 2.25. The summed E-state index contributed by atoms with van der Waals surface area (Å²) >= 11 is 0. The lowest BCUT2D eigenvalue weighted by atomic mass is 9.80. The van der Waals surface area contributed by atoms with E-state index in [2.05, 4.69) is 20.5 Å². The van der Waals surface area contributed by atoms with E-state index in [1.165, 1.54) is 54.3 Å². The Kier molecular flexibility index (Phi) is 8.87. The topological polar surface area (TPSA) is 147 Å². The third-order valence-corrected chi connectivity index (χ3v) is 8.25. The summed E-state index contributed by atoms with van der Waals surface area (Å²) in [4.78, 5) is 22.1. The molecule has 1 amide bonds. The van der Waals surface area contributed by atoms with Gasteiger partial charge >= 0.3 is 0 Å². The molecular weight excluding hydrogens is 589 g/mol. The second-order valence-electron chi connectivity index (χ2n) is 9.94. The molecule has 1 aromatic heterocycles. The zero-order chi connectivity index (χ0) is 30.7. The number of rotatable bonds is 12. The fraction of sp³-hybridized carbons (Fsp3) is 0.286. The number of carbonyl (C=O) groups is 1. The largest absolute Gasteiger partial charge is 0.394 e. The van der Waals surface area contributed by atoms with Gasteiger partial charge in [0.1, 0.15) is 11.3 Å². The number of hydrogen-bond acceptors (Lipinski definition) is 7. The van der Waals surface area contributed by atoms with Crippen molar-refractivity contribution in [3.05, 3.63) is 82.9 Å². The van der Waals surface area contributed by atoms with Gasteiger partial charge in [0.05, 0.1) is 54.2 Å². The molecule has 1 fully saturated rings. The van der Waals surface area contributed by atoms with E-state index in [9.17, 15) is 13.2 Å². The number of hydroxylamine groups is 1. The molecule has 1 aliphatic carbocycles. The molecule has 43 heavy (non-hydrogen) atoms.